The molecule has 0 saturated carbocycles. The van der Waals surface area contributed by atoms with Crippen LogP contribution in [0, 0.1) is 0 Å². The minimum atomic E-state index is 0.355. The van der Waals surface area contributed by atoms with Crippen LogP contribution in [0.25, 0.3) is 0 Å². The summed E-state index contributed by atoms with van der Waals surface area (Å²) in [5, 5.41) is 0. The number of hydrogen-bond acceptors (Lipinski definition) is 3. The van der Waals surface area contributed by atoms with E-state index in [9.17, 15) is 0 Å². The molecule has 1 heterocycles. The van der Waals surface area contributed by atoms with Gasteiger partial charge in [-0.25, -0.2) is 0 Å². The lowest BCUT2D eigenvalue weighted by atomic mass is 10.3. The molecule has 0 amide bonds. The Hall–Kier alpha value is -0.410. The van der Waals surface area contributed by atoms with Gasteiger partial charge in [-0.05, 0) is 13.6 Å². The quantitative estimate of drug-likeness (QED) is 0.553. The van der Waals surface area contributed by atoms with Crippen molar-refractivity contribution in [2.45, 2.75) is 13.0 Å². The molecule has 1 saturated heterocycles. The maximum Gasteiger partial charge on any atom is 0.0594 e. The van der Waals surface area contributed by atoms with Gasteiger partial charge in [-0.2, -0.15) is 0 Å². The molecule has 0 aromatic rings. The van der Waals surface area contributed by atoms with Crippen molar-refractivity contribution >= 4 is 6.72 Å². The van der Waals surface area contributed by atoms with Crippen molar-refractivity contribution in [3.05, 3.63) is 0 Å². The highest BCUT2D eigenvalue weighted by molar-refractivity contribution is 5.24. The number of hydrogen-bond donors (Lipinski definition) is 0. The van der Waals surface area contributed by atoms with E-state index in [0.29, 0.717) is 6.04 Å². The number of nitrogens with zero attached hydrogens (tertiary/aromatic N) is 2. The second-order valence-electron chi connectivity index (χ2n) is 2.94. The third kappa shape index (κ3) is 2.99. The molecule has 0 spiro atoms. The van der Waals surface area contributed by atoms with Crippen LogP contribution in [0.4, 0.5) is 0 Å². The van der Waals surface area contributed by atoms with Gasteiger partial charge in [0.1, 0.15) is 0 Å². The highest BCUT2D eigenvalue weighted by Crippen LogP contribution is 1.99. The highest BCUT2D eigenvalue weighted by atomic mass is 16.5. The number of morpholine rings is 1. The molecule has 0 radical (unpaired) electrons. The van der Waals surface area contributed by atoms with E-state index in [-0.39, 0.29) is 0 Å². The summed E-state index contributed by atoms with van der Waals surface area (Å²) in [5.41, 5.74) is 0. The van der Waals surface area contributed by atoms with Crippen LogP contribution in [0.3, 0.4) is 0 Å². The molecule has 1 aliphatic heterocycles. The second-order valence-corrected chi connectivity index (χ2v) is 2.94. The molecule has 0 aromatic carbocycles. The molecule has 11 heavy (non-hydrogen) atoms. The van der Waals surface area contributed by atoms with E-state index >= 15 is 0 Å². The third-order valence-electron chi connectivity index (χ3n) is 1.94. The SMILES string of the molecule is C=NC(C)CN1CCOCC1. The first-order valence-corrected chi connectivity index (χ1v) is 4.09. The zero-order valence-electron chi connectivity index (χ0n) is 7.12. The number of rotatable bonds is 3. The molecule has 0 aliphatic carbocycles. The van der Waals surface area contributed by atoms with Crippen LogP contribution in [0.15, 0.2) is 4.99 Å². The fraction of sp³-hybridized carbons (Fsp3) is 0.875. The fourth-order valence-electron chi connectivity index (χ4n) is 1.22. The van der Waals surface area contributed by atoms with Gasteiger partial charge >= 0.3 is 0 Å². The Morgan fingerprint density at radius 1 is 1.55 bits per heavy atom. The minimum absolute atomic E-state index is 0.355. The van der Waals surface area contributed by atoms with E-state index in [1.54, 1.807) is 0 Å². The van der Waals surface area contributed by atoms with E-state index in [0.717, 1.165) is 32.8 Å². The van der Waals surface area contributed by atoms with Crippen LogP contribution in [-0.4, -0.2) is 50.5 Å². The lowest BCUT2D eigenvalue weighted by Crippen LogP contribution is -2.39. The zero-order valence-corrected chi connectivity index (χ0v) is 7.12. The first-order chi connectivity index (χ1) is 5.33. The van der Waals surface area contributed by atoms with E-state index in [4.69, 9.17) is 4.74 Å². The van der Waals surface area contributed by atoms with Gasteiger partial charge in [-0.15, -0.1) is 0 Å². The molecule has 0 aromatic heterocycles. The Morgan fingerprint density at radius 2 is 2.18 bits per heavy atom. The predicted octanol–water partition coefficient (Wildman–Crippen LogP) is 0.408. The minimum Gasteiger partial charge on any atom is -0.379 e. The Bertz CT molecular complexity index is 121. The van der Waals surface area contributed by atoms with E-state index in [1.807, 2.05) is 0 Å². The average molecular weight is 156 g/mol. The molecule has 1 atom stereocenters. The molecule has 64 valence electrons. The maximum absolute atomic E-state index is 5.23. The third-order valence-corrected chi connectivity index (χ3v) is 1.94. The molecule has 1 rings (SSSR count). The van der Waals surface area contributed by atoms with Gasteiger partial charge in [-0.1, -0.05) is 0 Å². The topological polar surface area (TPSA) is 24.8 Å². The van der Waals surface area contributed by atoms with Crippen molar-refractivity contribution in [1.82, 2.24) is 4.90 Å². The fourth-order valence-corrected chi connectivity index (χ4v) is 1.22. The molecule has 0 bridgehead atoms. The summed E-state index contributed by atoms with van der Waals surface area (Å²) in [5.74, 6) is 0. The summed E-state index contributed by atoms with van der Waals surface area (Å²) in [7, 11) is 0. The Labute approximate surface area is 68.1 Å². The Morgan fingerprint density at radius 3 is 2.73 bits per heavy atom. The molecule has 1 unspecified atom stereocenters. The zero-order chi connectivity index (χ0) is 8.10. The van der Waals surface area contributed by atoms with Crippen LogP contribution in [0.1, 0.15) is 6.92 Å². The summed E-state index contributed by atoms with van der Waals surface area (Å²) in [6.07, 6.45) is 0. The summed E-state index contributed by atoms with van der Waals surface area (Å²) in [6.45, 7) is 10.4. The first kappa shape index (κ1) is 8.68. The normalized spacial score (nSPS) is 23.0. The van der Waals surface area contributed by atoms with Gasteiger partial charge in [0, 0.05) is 19.6 Å². The molecule has 0 N–H and O–H groups in total. The second kappa shape index (κ2) is 4.46. The molecule has 3 heteroatoms. The standard InChI is InChI=1S/C8H16N2O/c1-8(9-2)7-10-3-5-11-6-4-10/h8H,2-7H2,1H3. The van der Waals surface area contributed by atoms with Gasteiger partial charge in [0.15, 0.2) is 0 Å². The summed E-state index contributed by atoms with van der Waals surface area (Å²) in [6, 6.07) is 0.355. The van der Waals surface area contributed by atoms with Crippen molar-refractivity contribution in [2.24, 2.45) is 4.99 Å². The van der Waals surface area contributed by atoms with Crippen LogP contribution in [-0.2, 0) is 4.74 Å². The van der Waals surface area contributed by atoms with E-state index < -0.39 is 0 Å². The van der Waals surface area contributed by atoms with Gasteiger partial charge in [0.25, 0.3) is 0 Å². The number of aliphatic imine (C=N–C) groups is 1. The van der Waals surface area contributed by atoms with Gasteiger partial charge in [0.2, 0.25) is 0 Å². The van der Waals surface area contributed by atoms with Crippen molar-refractivity contribution in [1.29, 1.82) is 0 Å². The number of ether oxygens (including phenoxy) is 1. The summed E-state index contributed by atoms with van der Waals surface area (Å²) >= 11 is 0. The molecular weight excluding hydrogens is 140 g/mol. The van der Waals surface area contributed by atoms with Crippen LogP contribution < -0.4 is 0 Å². The molecule has 1 aliphatic rings. The van der Waals surface area contributed by atoms with Crippen LogP contribution in [0.2, 0.25) is 0 Å². The average Bonchev–Trinajstić information content (AvgIpc) is 2.06. The van der Waals surface area contributed by atoms with Gasteiger partial charge in [0.05, 0.1) is 19.3 Å². The maximum atomic E-state index is 5.23. The van der Waals surface area contributed by atoms with E-state index in [2.05, 4.69) is 23.5 Å². The highest BCUT2D eigenvalue weighted by Gasteiger charge is 2.11. The summed E-state index contributed by atoms with van der Waals surface area (Å²) in [4.78, 5) is 6.31. The van der Waals surface area contributed by atoms with Crippen molar-refractivity contribution in [3.63, 3.8) is 0 Å². The lowest BCUT2D eigenvalue weighted by molar-refractivity contribution is 0.0362. The summed E-state index contributed by atoms with van der Waals surface area (Å²) < 4.78 is 5.23. The molecule has 3 nitrogen and oxygen atoms in total. The van der Waals surface area contributed by atoms with Crippen molar-refractivity contribution in [2.75, 3.05) is 32.8 Å². The van der Waals surface area contributed by atoms with Gasteiger partial charge < -0.3 is 4.74 Å². The van der Waals surface area contributed by atoms with Gasteiger partial charge in [-0.3, -0.25) is 9.89 Å². The Kier molecular flexibility index (Phi) is 3.52. The molecule has 1 fully saturated rings. The van der Waals surface area contributed by atoms with E-state index in [1.165, 1.54) is 0 Å². The predicted molar refractivity (Wildman–Crippen MR) is 46.3 cm³/mol. The molecular formula is C8H16N2O. The smallest absolute Gasteiger partial charge is 0.0594 e. The van der Waals surface area contributed by atoms with Crippen LogP contribution in [0.5, 0.6) is 0 Å². The Balaban J connectivity index is 2.18. The first-order valence-electron chi connectivity index (χ1n) is 4.09. The lowest BCUT2D eigenvalue weighted by Gasteiger charge is -2.27. The van der Waals surface area contributed by atoms with Crippen LogP contribution >= 0.6 is 0 Å². The largest absolute Gasteiger partial charge is 0.379 e. The van der Waals surface area contributed by atoms with Crippen molar-refractivity contribution < 1.29 is 4.74 Å². The monoisotopic (exact) mass is 156 g/mol. The van der Waals surface area contributed by atoms with Crippen molar-refractivity contribution in [3.8, 4) is 0 Å².